The van der Waals surface area contributed by atoms with Crippen molar-refractivity contribution in [3.05, 3.63) is 59.6 Å². The normalized spacial score (nSPS) is 16.9. The van der Waals surface area contributed by atoms with Gasteiger partial charge in [0.25, 0.3) is 5.91 Å². The molecular weight excluding hydrogens is 358 g/mol. The minimum atomic E-state index is -0.301. The Labute approximate surface area is 162 Å². The molecule has 0 unspecified atom stereocenters. The van der Waals surface area contributed by atoms with Crippen LogP contribution in [0.3, 0.4) is 0 Å². The molecule has 0 spiro atoms. The molecule has 4 rings (SSSR count). The molecule has 1 saturated heterocycles. The molecule has 8 heteroatoms. The van der Waals surface area contributed by atoms with Crippen molar-refractivity contribution in [2.45, 2.75) is 26.4 Å². The molecule has 0 N–H and O–H groups in total. The molecule has 4 heterocycles. The molecule has 0 aromatic carbocycles. The number of carbonyl (C=O) groups excluding carboxylic acids is 1. The first-order chi connectivity index (χ1) is 13.7. The first kappa shape index (κ1) is 18.2. The number of hydrogen-bond acceptors (Lipinski definition) is 7. The van der Waals surface area contributed by atoms with Crippen LogP contribution >= 0.6 is 0 Å². The highest BCUT2D eigenvalue weighted by atomic mass is 16.5. The van der Waals surface area contributed by atoms with Gasteiger partial charge in [-0.15, -0.1) is 0 Å². The van der Waals surface area contributed by atoms with E-state index in [4.69, 9.17) is 14.2 Å². The van der Waals surface area contributed by atoms with Crippen LogP contribution in [0, 0.1) is 6.92 Å². The van der Waals surface area contributed by atoms with Crippen LogP contribution in [-0.4, -0.2) is 50.6 Å². The zero-order valence-corrected chi connectivity index (χ0v) is 15.8. The van der Waals surface area contributed by atoms with Crippen molar-refractivity contribution in [2.24, 2.45) is 0 Å². The highest BCUT2D eigenvalue weighted by molar-refractivity contribution is 5.92. The molecule has 0 bridgehead atoms. The summed E-state index contributed by atoms with van der Waals surface area (Å²) in [4.78, 5) is 27.1. The van der Waals surface area contributed by atoms with Gasteiger partial charge in [-0.05, 0) is 25.1 Å². The third-order valence-corrected chi connectivity index (χ3v) is 4.77. The first-order valence-corrected chi connectivity index (χ1v) is 9.26. The van der Waals surface area contributed by atoms with Gasteiger partial charge in [0.2, 0.25) is 0 Å². The van der Waals surface area contributed by atoms with Gasteiger partial charge in [0, 0.05) is 19.2 Å². The third kappa shape index (κ3) is 3.50. The number of carbonyl (C=O) groups is 1. The molecular formula is C20H21N5O3. The lowest BCUT2D eigenvalue weighted by atomic mass is 10.1. The van der Waals surface area contributed by atoms with Gasteiger partial charge in [-0.25, -0.2) is 15.0 Å². The summed E-state index contributed by atoms with van der Waals surface area (Å²) in [5.41, 5.74) is 3.70. The van der Waals surface area contributed by atoms with Gasteiger partial charge in [-0.1, -0.05) is 18.1 Å². The number of pyridine rings is 1. The summed E-state index contributed by atoms with van der Waals surface area (Å²) < 4.78 is 11.3. The number of hydrogen-bond donors (Lipinski definition) is 0. The van der Waals surface area contributed by atoms with E-state index >= 15 is 0 Å². The fourth-order valence-corrected chi connectivity index (χ4v) is 3.35. The van der Waals surface area contributed by atoms with Gasteiger partial charge >= 0.3 is 0 Å². The summed E-state index contributed by atoms with van der Waals surface area (Å²) in [5.74, 6) is 0.683. The standard InChI is InChI=1S/C20H21N5O3/c1-3-17-19(13(2)24-28-17)15-6-4-5-14(23-15)18-11-25(9-10-27-18)20(26)16-7-8-21-12-22-16/h4-8,12,18H,3,9-11H2,1-2H3/t18-/m0/s1. The maximum Gasteiger partial charge on any atom is 0.272 e. The van der Waals surface area contributed by atoms with Crippen LogP contribution in [-0.2, 0) is 11.2 Å². The summed E-state index contributed by atoms with van der Waals surface area (Å²) in [6.45, 7) is 5.31. The largest absolute Gasteiger partial charge is 0.368 e. The number of morpholine rings is 1. The molecule has 1 amide bonds. The molecule has 28 heavy (non-hydrogen) atoms. The fourth-order valence-electron chi connectivity index (χ4n) is 3.35. The van der Waals surface area contributed by atoms with Crippen molar-refractivity contribution in [1.29, 1.82) is 0 Å². The highest BCUT2D eigenvalue weighted by Gasteiger charge is 2.28. The van der Waals surface area contributed by atoms with Crippen LogP contribution in [0.1, 0.15) is 40.7 Å². The maximum absolute atomic E-state index is 12.7. The van der Waals surface area contributed by atoms with Gasteiger partial charge in [0.1, 0.15) is 23.9 Å². The quantitative estimate of drug-likeness (QED) is 0.688. The fraction of sp³-hybridized carbons (Fsp3) is 0.350. The van der Waals surface area contributed by atoms with Gasteiger partial charge in [-0.3, -0.25) is 4.79 Å². The predicted molar refractivity (Wildman–Crippen MR) is 100 cm³/mol. The number of aryl methyl sites for hydroxylation is 2. The summed E-state index contributed by atoms with van der Waals surface area (Å²) in [6.07, 6.45) is 3.38. The molecule has 0 saturated carbocycles. The minimum absolute atomic E-state index is 0.130. The third-order valence-electron chi connectivity index (χ3n) is 4.77. The van der Waals surface area contributed by atoms with Crippen LogP contribution < -0.4 is 0 Å². The smallest absolute Gasteiger partial charge is 0.272 e. The summed E-state index contributed by atoms with van der Waals surface area (Å²) in [7, 11) is 0. The molecule has 0 aliphatic carbocycles. The van der Waals surface area contributed by atoms with Crippen LogP contribution in [0.5, 0.6) is 0 Å². The lowest BCUT2D eigenvalue weighted by molar-refractivity contribution is -0.0248. The van der Waals surface area contributed by atoms with Crippen molar-refractivity contribution in [1.82, 2.24) is 25.0 Å². The zero-order valence-electron chi connectivity index (χ0n) is 15.8. The topological polar surface area (TPSA) is 94.2 Å². The van der Waals surface area contributed by atoms with Gasteiger partial charge in [0.15, 0.2) is 0 Å². The molecule has 3 aromatic rings. The monoisotopic (exact) mass is 379 g/mol. The van der Waals surface area contributed by atoms with E-state index in [9.17, 15) is 4.79 Å². The van der Waals surface area contributed by atoms with Crippen LogP contribution in [0.15, 0.2) is 41.3 Å². The second-order valence-electron chi connectivity index (χ2n) is 6.57. The maximum atomic E-state index is 12.7. The van der Waals surface area contributed by atoms with Crippen LogP contribution in [0.2, 0.25) is 0 Å². The van der Waals surface area contributed by atoms with Gasteiger partial charge in [-0.2, -0.15) is 0 Å². The van der Waals surface area contributed by atoms with E-state index in [1.807, 2.05) is 32.0 Å². The van der Waals surface area contributed by atoms with Gasteiger partial charge < -0.3 is 14.2 Å². The zero-order chi connectivity index (χ0) is 19.5. The molecule has 3 aromatic heterocycles. The van der Waals surface area contributed by atoms with E-state index in [0.717, 1.165) is 34.8 Å². The van der Waals surface area contributed by atoms with Gasteiger partial charge in [0.05, 0.1) is 35.8 Å². The van der Waals surface area contributed by atoms with E-state index in [1.165, 1.54) is 6.33 Å². The van der Waals surface area contributed by atoms with E-state index < -0.39 is 0 Å². The highest BCUT2D eigenvalue weighted by Crippen LogP contribution is 2.29. The Morgan fingerprint density at radius 1 is 1.32 bits per heavy atom. The van der Waals surface area contributed by atoms with Crippen molar-refractivity contribution in [3.8, 4) is 11.3 Å². The second kappa shape index (κ2) is 7.85. The Morgan fingerprint density at radius 3 is 3.00 bits per heavy atom. The van der Waals surface area contributed by atoms with E-state index in [1.54, 1.807) is 17.2 Å². The lowest BCUT2D eigenvalue weighted by Gasteiger charge is -2.32. The molecule has 8 nitrogen and oxygen atoms in total. The summed E-state index contributed by atoms with van der Waals surface area (Å²) >= 11 is 0. The molecule has 1 atom stereocenters. The minimum Gasteiger partial charge on any atom is -0.368 e. The second-order valence-corrected chi connectivity index (χ2v) is 6.57. The Kier molecular flexibility index (Phi) is 5.12. The lowest BCUT2D eigenvalue weighted by Crippen LogP contribution is -2.42. The number of ether oxygens (including phenoxy) is 1. The van der Waals surface area contributed by atoms with E-state index in [0.29, 0.717) is 25.4 Å². The Morgan fingerprint density at radius 2 is 2.21 bits per heavy atom. The van der Waals surface area contributed by atoms with Crippen molar-refractivity contribution in [3.63, 3.8) is 0 Å². The molecule has 1 fully saturated rings. The number of nitrogens with zero attached hydrogens (tertiary/aromatic N) is 5. The Bertz CT molecular complexity index is 973. The van der Waals surface area contributed by atoms with E-state index in [-0.39, 0.29) is 12.0 Å². The van der Waals surface area contributed by atoms with Crippen LogP contribution in [0.25, 0.3) is 11.3 Å². The van der Waals surface area contributed by atoms with E-state index in [2.05, 4.69) is 15.1 Å². The Balaban J connectivity index is 1.58. The molecule has 1 aliphatic heterocycles. The number of amides is 1. The van der Waals surface area contributed by atoms with Crippen LogP contribution in [0.4, 0.5) is 0 Å². The average molecular weight is 379 g/mol. The predicted octanol–water partition coefficient (Wildman–Crippen LogP) is 2.61. The number of rotatable bonds is 4. The molecule has 144 valence electrons. The van der Waals surface area contributed by atoms with Crippen molar-refractivity contribution in [2.75, 3.05) is 19.7 Å². The number of aromatic nitrogens is 4. The SMILES string of the molecule is CCc1onc(C)c1-c1cccc([C@@H]2CN(C(=O)c3ccncn3)CCO2)n1. The molecule has 0 radical (unpaired) electrons. The summed E-state index contributed by atoms with van der Waals surface area (Å²) in [6, 6.07) is 7.42. The molecule has 1 aliphatic rings. The van der Waals surface area contributed by atoms with Crippen molar-refractivity contribution < 1.29 is 14.1 Å². The Hall–Kier alpha value is -3.13. The van der Waals surface area contributed by atoms with Crippen molar-refractivity contribution >= 4 is 5.91 Å². The first-order valence-electron chi connectivity index (χ1n) is 9.26. The summed E-state index contributed by atoms with van der Waals surface area (Å²) in [5, 5.41) is 4.06. The average Bonchev–Trinajstić information content (AvgIpc) is 3.14.